The molecule has 2 aliphatic heterocycles. The highest BCUT2D eigenvalue weighted by atomic mass is 127. The zero-order chi connectivity index (χ0) is 17.5. The summed E-state index contributed by atoms with van der Waals surface area (Å²) in [6.45, 7) is 10.1. The van der Waals surface area contributed by atoms with Gasteiger partial charge in [-0.2, -0.15) is 0 Å². The zero-order valence-corrected chi connectivity index (χ0v) is 18.7. The number of likely N-dealkylation sites (tertiary alicyclic amines) is 1. The van der Waals surface area contributed by atoms with Gasteiger partial charge in [0.05, 0.1) is 19.8 Å². The van der Waals surface area contributed by atoms with Gasteiger partial charge < -0.3 is 15.8 Å². The normalized spacial score (nSPS) is 27.9. The molecule has 152 valence electrons. The molecule has 0 spiro atoms. The number of hydrogen-bond donors (Lipinski definition) is 2. The van der Waals surface area contributed by atoms with Crippen molar-refractivity contribution < 1.29 is 4.74 Å². The summed E-state index contributed by atoms with van der Waals surface area (Å²) in [5, 5.41) is 3.39. The van der Waals surface area contributed by atoms with Gasteiger partial charge in [-0.05, 0) is 38.8 Å². The predicted octanol–water partition coefficient (Wildman–Crippen LogP) is 2.03. The molecule has 0 aromatic heterocycles. The lowest BCUT2D eigenvalue weighted by Crippen LogP contribution is -2.56. The molecule has 7 heteroatoms. The average Bonchev–Trinajstić information content (AvgIpc) is 3.14. The second-order valence-electron chi connectivity index (χ2n) is 7.89. The summed E-state index contributed by atoms with van der Waals surface area (Å²) in [6.07, 6.45) is 9.05. The van der Waals surface area contributed by atoms with Crippen molar-refractivity contribution in [3.63, 3.8) is 0 Å². The fourth-order valence-corrected chi connectivity index (χ4v) is 4.88. The highest BCUT2D eigenvalue weighted by Gasteiger charge is 2.38. The van der Waals surface area contributed by atoms with Crippen molar-refractivity contribution in [3.05, 3.63) is 0 Å². The number of halogens is 1. The maximum atomic E-state index is 6.22. The van der Waals surface area contributed by atoms with E-state index in [4.69, 9.17) is 15.5 Å². The number of aliphatic imine (C=N–C) groups is 1. The van der Waals surface area contributed by atoms with Crippen molar-refractivity contribution in [3.8, 4) is 0 Å². The van der Waals surface area contributed by atoms with Crippen molar-refractivity contribution in [2.75, 3.05) is 52.5 Å². The number of nitrogens with two attached hydrogens (primary N) is 1. The summed E-state index contributed by atoms with van der Waals surface area (Å²) in [4.78, 5) is 9.95. The number of guanidine groups is 1. The van der Waals surface area contributed by atoms with Gasteiger partial charge in [0.15, 0.2) is 5.96 Å². The molecule has 0 aromatic carbocycles. The number of nitrogens with one attached hydrogen (secondary N) is 1. The molecule has 2 saturated heterocycles. The molecule has 1 unspecified atom stereocenters. The molecular weight excluding hydrogens is 441 g/mol. The van der Waals surface area contributed by atoms with Gasteiger partial charge in [-0.3, -0.25) is 14.8 Å². The van der Waals surface area contributed by atoms with E-state index in [0.29, 0.717) is 12.0 Å². The SMILES string of the molecule is CCN1CCCC1CNC(N)=NCC1(N2CCOCC2)CCCCC1.I. The minimum atomic E-state index is 0. The Morgan fingerprint density at radius 2 is 1.88 bits per heavy atom. The molecule has 6 nitrogen and oxygen atoms in total. The number of rotatable bonds is 6. The summed E-state index contributed by atoms with van der Waals surface area (Å²) in [6, 6.07) is 0.613. The fraction of sp³-hybridized carbons (Fsp3) is 0.947. The van der Waals surface area contributed by atoms with Crippen LogP contribution in [0.4, 0.5) is 0 Å². The molecule has 0 amide bonds. The largest absolute Gasteiger partial charge is 0.379 e. The molecular formula is C19H38IN5O. The quantitative estimate of drug-likeness (QED) is 0.347. The van der Waals surface area contributed by atoms with Gasteiger partial charge >= 0.3 is 0 Å². The van der Waals surface area contributed by atoms with Crippen LogP contribution in [0.2, 0.25) is 0 Å². The van der Waals surface area contributed by atoms with Crippen LogP contribution in [0.5, 0.6) is 0 Å². The molecule has 0 radical (unpaired) electrons. The second kappa shape index (κ2) is 11.0. The van der Waals surface area contributed by atoms with Crippen molar-refractivity contribution in [2.45, 2.75) is 63.5 Å². The van der Waals surface area contributed by atoms with Crippen LogP contribution in [0.15, 0.2) is 4.99 Å². The van der Waals surface area contributed by atoms with Crippen LogP contribution in [0.25, 0.3) is 0 Å². The monoisotopic (exact) mass is 479 g/mol. The summed E-state index contributed by atoms with van der Waals surface area (Å²) >= 11 is 0. The first kappa shape index (κ1) is 22.2. The van der Waals surface area contributed by atoms with E-state index in [0.717, 1.165) is 45.9 Å². The zero-order valence-electron chi connectivity index (χ0n) is 16.4. The lowest BCUT2D eigenvalue weighted by atomic mass is 9.80. The molecule has 3 fully saturated rings. The van der Waals surface area contributed by atoms with E-state index in [9.17, 15) is 0 Å². The van der Waals surface area contributed by atoms with Crippen molar-refractivity contribution >= 4 is 29.9 Å². The van der Waals surface area contributed by atoms with E-state index in [1.807, 2.05) is 0 Å². The highest BCUT2D eigenvalue weighted by molar-refractivity contribution is 14.0. The third-order valence-corrected chi connectivity index (χ3v) is 6.43. The summed E-state index contributed by atoms with van der Waals surface area (Å²) in [5.74, 6) is 0.626. The Morgan fingerprint density at radius 1 is 1.15 bits per heavy atom. The number of hydrogen-bond acceptors (Lipinski definition) is 4. The molecule has 26 heavy (non-hydrogen) atoms. The van der Waals surface area contributed by atoms with E-state index >= 15 is 0 Å². The third-order valence-electron chi connectivity index (χ3n) is 6.43. The lowest BCUT2D eigenvalue weighted by Gasteiger charge is -2.47. The van der Waals surface area contributed by atoms with Crippen LogP contribution >= 0.6 is 24.0 Å². The predicted molar refractivity (Wildman–Crippen MR) is 118 cm³/mol. The van der Waals surface area contributed by atoms with Gasteiger partial charge in [-0.15, -0.1) is 24.0 Å². The molecule has 3 aliphatic rings. The van der Waals surface area contributed by atoms with Gasteiger partial charge in [-0.25, -0.2) is 0 Å². The van der Waals surface area contributed by atoms with Crippen molar-refractivity contribution in [1.82, 2.24) is 15.1 Å². The first-order chi connectivity index (χ1) is 12.2. The first-order valence-electron chi connectivity index (χ1n) is 10.3. The highest BCUT2D eigenvalue weighted by Crippen LogP contribution is 2.34. The van der Waals surface area contributed by atoms with E-state index in [2.05, 4.69) is 22.0 Å². The minimum absolute atomic E-state index is 0. The van der Waals surface area contributed by atoms with E-state index in [-0.39, 0.29) is 29.5 Å². The maximum absolute atomic E-state index is 6.22. The van der Waals surface area contributed by atoms with Crippen LogP contribution < -0.4 is 11.1 Å². The first-order valence-corrected chi connectivity index (χ1v) is 10.3. The topological polar surface area (TPSA) is 66.1 Å². The van der Waals surface area contributed by atoms with Crippen LogP contribution in [0.3, 0.4) is 0 Å². The Morgan fingerprint density at radius 3 is 2.58 bits per heavy atom. The van der Waals surface area contributed by atoms with Crippen molar-refractivity contribution in [2.24, 2.45) is 10.7 Å². The summed E-state index contributed by atoms with van der Waals surface area (Å²) in [7, 11) is 0. The van der Waals surface area contributed by atoms with Gasteiger partial charge in [-0.1, -0.05) is 26.2 Å². The second-order valence-corrected chi connectivity index (χ2v) is 7.89. The van der Waals surface area contributed by atoms with Crippen LogP contribution in [0.1, 0.15) is 51.9 Å². The standard InChI is InChI=1S/C19H37N5O.HI/c1-2-23-10-6-7-17(23)15-21-18(20)22-16-19(8-4-3-5-9-19)24-11-13-25-14-12-24;/h17H,2-16H2,1H3,(H3,20,21,22);1H. The Kier molecular flexibility index (Phi) is 9.40. The smallest absolute Gasteiger partial charge is 0.188 e. The van der Waals surface area contributed by atoms with Gasteiger partial charge in [0.25, 0.3) is 0 Å². The molecule has 1 aliphatic carbocycles. The van der Waals surface area contributed by atoms with E-state index < -0.39 is 0 Å². The van der Waals surface area contributed by atoms with Crippen LogP contribution in [-0.2, 0) is 4.74 Å². The summed E-state index contributed by atoms with van der Waals surface area (Å²) in [5.41, 5.74) is 6.43. The Balaban J connectivity index is 0.00000243. The molecule has 2 heterocycles. The molecule has 1 atom stereocenters. The Bertz CT molecular complexity index is 436. The summed E-state index contributed by atoms with van der Waals surface area (Å²) < 4.78 is 5.56. The number of nitrogens with zero attached hydrogens (tertiary/aromatic N) is 3. The molecule has 0 aromatic rings. The molecule has 3 N–H and O–H groups in total. The third kappa shape index (κ3) is 5.69. The lowest BCUT2D eigenvalue weighted by molar-refractivity contribution is -0.0333. The number of morpholine rings is 1. The molecule has 3 rings (SSSR count). The number of ether oxygens (including phenoxy) is 1. The Hall–Kier alpha value is -0.120. The minimum Gasteiger partial charge on any atom is -0.379 e. The van der Waals surface area contributed by atoms with Crippen molar-refractivity contribution in [1.29, 1.82) is 0 Å². The van der Waals surface area contributed by atoms with Gasteiger partial charge in [0.2, 0.25) is 0 Å². The van der Waals surface area contributed by atoms with E-state index in [1.54, 1.807) is 0 Å². The van der Waals surface area contributed by atoms with Gasteiger partial charge in [0, 0.05) is 31.2 Å². The van der Waals surface area contributed by atoms with Crippen LogP contribution in [0, 0.1) is 0 Å². The Labute approximate surface area is 176 Å². The molecule has 0 bridgehead atoms. The van der Waals surface area contributed by atoms with Gasteiger partial charge in [0.1, 0.15) is 0 Å². The van der Waals surface area contributed by atoms with E-state index in [1.165, 1.54) is 51.5 Å². The fourth-order valence-electron chi connectivity index (χ4n) is 4.88. The number of likely N-dealkylation sites (N-methyl/N-ethyl adjacent to an activating group) is 1. The maximum Gasteiger partial charge on any atom is 0.188 e. The van der Waals surface area contributed by atoms with Crippen LogP contribution in [-0.4, -0.2) is 79.8 Å². The molecule has 1 saturated carbocycles. The average molecular weight is 479 g/mol.